The number of ether oxygens (including phenoxy) is 5. The molecule has 2 rings (SSSR count). The van der Waals surface area contributed by atoms with E-state index in [2.05, 4.69) is 11.8 Å². The van der Waals surface area contributed by atoms with Crippen LogP contribution in [0.3, 0.4) is 0 Å². The smallest absolute Gasteiger partial charge is 0.340 e. The van der Waals surface area contributed by atoms with Gasteiger partial charge in [-0.05, 0) is 47.7 Å². The molecule has 0 spiro atoms. The first-order valence-corrected chi connectivity index (χ1v) is 12.8. The van der Waals surface area contributed by atoms with Gasteiger partial charge in [-0.15, -0.1) is 0 Å². The molecule has 0 aromatic carbocycles. The fourth-order valence-corrected chi connectivity index (χ4v) is 5.58. The summed E-state index contributed by atoms with van der Waals surface area (Å²) in [5.74, 6) is -1.78. The summed E-state index contributed by atoms with van der Waals surface area (Å²) in [6.45, 7) is 14.6. The molecule has 2 aliphatic heterocycles. The maximum atomic E-state index is 12.6. The predicted octanol–water partition coefficient (Wildman–Crippen LogP) is 4.00. The molecule has 2 aliphatic rings. The van der Waals surface area contributed by atoms with Crippen LogP contribution in [0.2, 0.25) is 0 Å². The molecular weight excluding hydrogens is 468 g/mol. The molecule has 0 aromatic heterocycles. The molecule has 2 heterocycles. The van der Waals surface area contributed by atoms with E-state index in [1.54, 1.807) is 27.9 Å². The number of hydrogen-bond donors (Lipinski definition) is 0. The van der Waals surface area contributed by atoms with Crippen LogP contribution in [0.4, 0.5) is 0 Å². The summed E-state index contributed by atoms with van der Waals surface area (Å²) in [5, 5.41) is 11.2. The third kappa shape index (κ3) is 7.18. The van der Waals surface area contributed by atoms with Crippen molar-refractivity contribution in [2.45, 2.75) is 104 Å². The van der Waals surface area contributed by atoms with Gasteiger partial charge in [-0.25, -0.2) is 4.79 Å². The van der Waals surface area contributed by atoms with E-state index in [0.717, 1.165) is 6.42 Å². The lowest BCUT2D eigenvalue weighted by Gasteiger charge is -2.48. The van der Waals surface area contributed by atoms with Gasteiger partial charge in [0.25, 0.3) is 0 Å². The van der Waals surface area contributed by atoms with E-state index in [4.69, 9.17) is 23.7 Å². The number of carbonyl (C=O) groups is 1. The highest BCUT2D eigenvalue weighted by molar-refractivity contribution is 5.89. The van der Waals surface area contributed by atoms with Crippen LogP contribution in [0.25, 0.3) is 0 Å². The lowest BCUT2D eigenvalue weighted by atomic mass is 9.80. The molecule has 0 saturated carbocycles. The van der Waals surface area contributed by atoms with Crippen LogP contribution in [0.15, 0.2) is 11.3 Å². The van der Waals surface area contributed by atoms with Gasteiger partial charge in [-0.1, -0.05) is 20.8 Å². The van der Waals surface area contributed by atoms with Gasteiger partial charge in [0.1, 0.15) is 5.76 Å². The van der Waals surface area contributed by atoms with Crippen molar-refractivity contribution >= 4 is 5.97 Å². The minimum atomic E-state index is -1.13. The monoisotopic (exact) mass is 514 g/mol. The van der Waals surface area contributed by atoms with Crippen molar-refractivity contribution in [3.05, 3.63) is 21.4 Å². The fraction of sp³-hybridized carbons (Fsp3) is 0.885. The average molecular weight is 515 g/mol. The van der Waals surface area contributed by atoms with Crippen molar-refractivity contribution in [3.63, 3.8) is 0 Å². The minimum Gasteiger partial charge on any atom is -0.456 e. The second-order valence-corrected chi connectivity index (χ2v) is 11.5. The Morgan fingerprint density at radius 1 is 1.25 bits per heavy atom. The molecule has 0 N–H and O–H groups in total. The molecule has 1 fully saturated rings. The first-order chi connectivity index (χ1) is 16.5. The summed E-state index contributed by atoms with van der Waals surface area (Å²) in [6.07, 6.45) is 0.0519. The zero-order valence-electron chi connectivity index (χ0n) is 23.8. The normalized spacial score (nSPS) is 30.7. The summed E-state index contributed by atoms with van der Waals surface area (Å²) in [5.41, 5.74) is -0.571. The molecule has 0 radical (unpaired) electrons. The second-order valence-electron chi connectivity index (χ2n) is 11.5. The first kappa shape index (κ1) is 30.5. The number of carbonyl (C=O) groups excluding carboxylic acids is 1. The second kappa shape index (κ2) is 11.8. The van der Waals surface area contributed by atoms with E-state index in [9.17, 15) is 14.9 Å². The Morgan fingerprint density at radius 2 is 1.86 bits per heavy atom. The molecule has 0 bridgehead atoms. The van der Waals surface area contributed by atoms with E-state index >= 15 is 0 Å². The zero-order valence-corrected chi connectivity index (χ0v) is 23.8. The standard InChI is InChI=1S/C26H46N2O8/c1-15(14-28(30)31)13-26(8,32-11)22(18(4)21-19(5)23(29)36-25(6,7)35-21)34-24-17(3)20(27(9)10)12-16(2)33-24/h15-18,20,22,24H,12-14H2,1-11H3/t15-,16-,17-,18+,20?,22-,24+,26-/m1/s1. The van der Waals surface area contributed by atoms with Crippen molar-refractivity contribution in [1.29, 1.82) is 0 Å². The van der Waals surface area contributed by atoms with Crippen molar-refractivity contribution in [3.8, 4) is 0 Å². The third-order valence-corrected chi connectivity index (χ3v) is 7.44. The Balaban J connectivity index is 2.51. The highest BCUT2D eigenvalue weighted by Crippen LogP contribution is 2.41. The number of nitrogens with zero attached hydrogens (tertiary/aromatic N) is 2. The molecule has 36 heavy (non-hydrogen) atoms. The van der Waals surface area contributed by atoms with Gasteiger partial charge in [0.05, 0.1) is 23.4 Å². The van der Waals surface area contributed by atoms with Crippen LogP contribution in [0, 0.1) is 27.9 Å². The van der Waals surface area contributed by atoms with Gasteiger partial charge in [-0.3, -0.25) is 10.1 Å². The summed E-state index contributed by atoms with van der Waals surface area (Å²) in [7, 11) is 5.68. The lowest BCUT2D eigenvalue weighted by molar-refractivity contribution is -0.488. The highest BCUT2D eigenvalue weighted by Gasteiger charge is 2.49. The van der Waals surface area contributed by atoms with Gasteiger partial charge in [0.15, 0.2) is 6.29 Å². The molecule has 0 amide bonds. The first-order valence-electron chi connectivity index (χ1n) is 12.8. The predicted molar refractivity (Wildman–Crippen MR) is 135 cm³/mol. The van der Waals surface area contributed by atoms with Crippen molar-refractivity contribution in [1.82, 2.24) is 4.90 Å². The molecule has 0 aliphatic carbocycles. The quantitative estimate of drug-likeness (QED) is 0.229. The van der Waals surface area contributed by atoms with E-state index in [1.165, 1.54) is 0 Å². The fourth-order valence-electron chi connectivity index (χ4n) is 5.58. The van der Waals surface area contributed by atoms with Crippen LogP contribution in [-0.4, -0.2) is 79.5 Å². The molecule has 1 unspecified atom stereocenters. The molecule has 0 aromatic rings. The molecule has 8 atom stereocenters. The Kier molecular flexibility index (Phi) is 9.95. The maximum Gasteiger partial charge on any atom is 0.340 e. The zero-order chi connectivity index (χ0) is 27.6. The van der Waals surface area contributed by atoms with Gasteiger partial charge in [0.2, 0.25) is 12.3 Å². The Hall–Kier alpha value is -1.75. The van der Waals surface area contributed by atoms with Crippen LogP contribution in [0.5, 0.6) is 0 Å². The van der Waals surface area contributed by atoms with Gasteiger partial charge in [-0.2, -0.15) is 0 Å². The Bertz CT molecular complexity index is 829. The molecule has 10 heteroatoms. The lowest BCUT2D eigenvalue weighted by Crippen LogP contribution is -2.56. The van der Waals surface area contributed by atoms with Crippen molar-refractivity contribution < 1.29 is 33.4 Å². The van der Waals surface area contributed by atoms with E-state index in [1.807, 2.05) is 41.8 Å². The molecular formula is C26H46N2O8. The average Bonchev–Trinajstić information content (AvgIpc) is 2.74. The third-order valence-electron chi connectivity index (χ3n) is 7.44. The Morgan fingerprint density at radius 3 is 2.39 bits per heavy atom. The van der Waals surface area contributed by atoms with Crippen LogP contribution in [0.1, 0.15) is 68.2 Å². The van der Waals surface area contributed by atoms with Crippen molar-refractivity contribution in [2.75, 3.05) is 27.7 Å². The molecule has 208 valence electrons. The summed E-state index contributed by atoms with van der Waals surface area (Å²) < 4.78 is 30.6. The highest BCUT2D eigenvalue weighted by atomic mass is 16.7. The number of esters is 1. The van der Waals surface area contributed by atoms with Gasteiger partial charge in [0, 0.05) is 49.7 Å². The van der Waals surface area contributed by atoms with E-state index in [0.29, 0.717) is 17.8 Å². The number of nitro groups is 1. The van der Waals surface area contributed by atoms with E-state index in [-0.39, 0.29) is 35.4 Å². The minimum absolute atomic E-state index is 0.0161. The van der Waals surface area contributed by atoms with E-state index < -0.39 is 35.7 Å². The Labute approximate surface area is 215 Å². The molecule has 10 nitrogen and oxygen atoms in total. The number of rotatable bonds is 11. The van der Waals surface area contributed by atoms with Crippen LogP contribution >= 0.6 is 0 Å². The maximum absolute atomic E-state index is 12.6. The summed E-state index contributed by atoms with van der Waals surface area (Å²) in [6, 6.07) is 0.248. The van der Waals surface area contributed by atoms with Gasteiger partial charge >= 0.3 is 5.97 Å². The number of hydrogen-bond acceptors (Lipinski definition) is 9. The summed E-state index contributed by atoms with van der Waals surface area (Å²) >= 11 is 0. The number of methoxy groups -OCH3 is 1. The molecule has 1 saturated heterocycles. The largest absolute Gasteiger partial charge is 0.456 e. The van der Waals surface area contributed by atoms with Crippen LogP contribution in [-0.2, 0) is 28.5 Å². The van der Waals surface area contributed by atoms with Gasteiger partial charge < -0.3 is 28.6 Å². The number of cyclic esters (lactones) is 1. The van der Waals surface area contributed by atoms with Crippen molar-refractivity contribution in [2.24, 2.45) is 17.8 Å². The summed E-state index contributed by atoms with van der Waals surface area (Å²) in [4.78, 5) is 25.7. The topological polar surface area (TPSA) is 110 Å². The SMILES string of the molecule is CO[C@](C)(C[C@@H](C)C[N+](=O)[O-])[C@H](O[C@@H]1O[C@H](C)CC(N(C)C)[C@H]1C)[C@@H](C)C1=C(C)C(=O)OC(C)(C)O1. The van der Waals surface area contributed by atoms with Crippen LogP contribution < -0.4 is 0 Å².